The van der Waals surface area contributed by atoms with E-state index in [1.807, 2.05) is 6.07 Å². The average Bonchev–Trinajstić information content (AvgIpc) is 2.68. The third-order valence-electron chi connectivity index (χ3n) is 4.55. The molecular weight excluding hydrogens is 390 g/mol. The van der Waals surface area contributed by atoms with Crippen molar-refractivity contribution in [3.63, 3.8) is 0 Å². The van der Waals surface area contributed by atoms with Crippen LogP contribution in [0.4, 0.5) is 20.2 Å². The van der Waals surface area contributed by atoms with Gasteiger partial charge in [-0.1, -0.05) is 17.7 Å². The summed E-state index contributed by atoms with van der Waals surface area (Å²) in [6, 6.07) is 9.60. The van der Waals surface area contributed by atoms with Crippen molar-refractivity contribution in [1.29, 1.82) is 0 Å². The topological polar surface area (TPSA) is 50.8 Å². The fourth-order valence-electron chi connectivity index (χ4n) is 3.24. The van der Waals surface area contributed by atoms with Crippen molar-refractivity contribution in [2.75, 3.05) is 30.4 Å². The summed E-state index contributed by atoms with van der Waals surface area (Å²) in [6.07, 6.45) is 3.46. The number of benzene rings is 2. The molecule has 0 unspecified atom stereocenters. The van der Waals surface area contributed by atoms with E-state index in [1.165, 1.54) is 31.7 Å². The standard InChI is InChI=1S/C20H21ClF2N2O3/c1-27-17-7-5-6-14(18(17)28-20(22)23)19(26)24-13-8-9-16(15(21)12-13)25-10-3-2-4-11-25/h5-9,12,20H,2-4,10-11H2,1H3,(H,24,26). The molecule has 5 nitrogen and oxygen atoms in total. The van der Waals surface area contributed by atoms with Gasteiger partial charge in [0, 0.05) is 18.8 Å². The maximum absolute atomic E-state index is 12.7. The van der Waals surface area contributed by atoms with Crippen LogP contribution in [0.3, 0.4) is 0 Å². The first kappa shape index (κ1) is 20.2. The highest BCUT2D eigenvalue weighted by Crippen LogP contribution is 2.34. The number of para-hydroxylation sites is 1. The number of ether oxygens (including phenoxy) is 2. The van der Waals surface area contributed by atoms with E-state index in [1.54, 1.807) is 12.1 Å². The molecule has 0 saturated carbocycles. The van der Waals surface area contributed by atoms with E-state index in [4.69, 9.17) is 16.3 Å². The van der Waals surface area contributed by atoms with E-state index in [2.05, 4.69) is 15.0 Å². The first-order chi connectivity index (χ1) is 13.5. The molecule has 0 radical (unpaired) electrons. The molecule has 0 aliphatic carbocycles. The van der Waals surface area contributed by atoms with Crippen LogP contribution in [0.1, 0.15) is 29.6 Å². The fraction of sp³-hybridized carbons (Fsp3) is 0.350. The van der Waals surface area contributed by atoms with E-state index >= 15 is 0 Å². The Kier molecular flexibility index (Phi) is 6.57. The molecule has 0 spiro atoms. The predicted molar refractivity (Wildman–Crippen MR) is 105 cm³/mol. The number of rotatable bonds is 6. The number of hydrogen-bond acceptors (Lipinski definition) is 4. The van der Waals surface area contributed by atoms with Gasteiger partial charge in [-0.05, 0) is 49.6 Å². The van der Waals surface area contributed by atoms with Gasteiger partial charge in [0.2, 0.25) is 0 Å². The Bertz CT molecular complexity index is 842. The van der Waals surface area contributed by atoms with Gasteiger partial charge in [-0.3, -0.25) is 4.79 Å². The number of amides is 1. The van der Waals surface area contributed by atoms with Gasteiger partial charge in [-0.15, -0.1) is 0 Å². The number of carbonyl (C=O) groups is 1. The van der Waals surface area contributed by atoms with Crippen LogP contribution < -0.4 is 19.7 Å². The van der Waals surface area contributed by atoms with Crippen molar-refractivity contribution in [3.05, 3.63) is 47.0 Å². The molecule has 8 heteroatoms. The van der Waals surface area contributed by atoms with Crippen molar-refractivity contribution in [2.24, 2.45) is 0 Å². The molecule has 0 atom stereocenters. The van der Waals surface area contributed by atoms with Gasteiger partial charge in [-0.2, -0.15) is 8.78 Å². The van der Waals surface area contributed by atoms with Crippen molar-refractivity contribution in [3.8, 4) is 11.5 Å². The molecule has 2 aromatic rings. The van der Waals surface area contributed by atoms with E-state index < -0.39 is 12.5 Å². The number of halogens is 3. The van der Waals surface area contributed by atoms with Crippen LogP contribution in [0.2, 0.25) is 5.02 Å². The molecule has 1 fully saturated rings. The highest BCUT2D eigenvalue weighted by atomic mass is 35.5. The summed E-state index contributed by atoms with van der Waals surface area (Å²) in [5.74, 6) is -0.865. The number of anilines is 2. The molecule has 1 amide bonds. The average molecular weight is 411 g/mol. The SMILES string of the molecule is COc1cccc(C(=O)Nc2ccc(N3CCCCC3)c(Cl)c2)c1OC(F)F. The Hall–Kier alpha value is -2.54. The van der Waals surface area contributed by atoms with E-state index in [0.29, 0.717) is 10.7 Å². The van der Waals surface area contributed by atoms with Crippen molar-refractivity contribution >= 4 is 28.9 Å². The lowest BCUT2D eigenvalue weighted by Crippen LogP contribution is -2.29. The third kappa shape index (κ3) is 4.65. The summed E-state index contributed by atoms with van der Waals surface area (Å²) >= 11 is 6.40. The number of piperidine rings is 1. The monoisotopic (exact) mass is 410 g/mol. The lowest BCUT2D eigenvalue weighted by atomic mass is 10.1. The van der Waals surface area contributed by atoms with Crippen LogP contribution in [-0.2, 0) is 0 Å². The Morgan fingerprint density at radius 1 is 1.18 bits per heavy atom. The maximum atomic E-state index is 12.7. The smallest absolute Gasteiger partial charge is 0.387 e. The molecule has 2 aromatic carbocycles. The van der Waals surface area contributed by atoms with Crippen LogP contribution in [0, 0.1) is 0 Å². The molecule has 1 aliphatic heterocycles. The Morgan fingerprint density at radius 2 is 1.93 bits per heavy atom. The fourth-order valence-corrected chi connectivity index (χ4v) is 3.54. The molecule has 1 aliphatic rings. The zero-order valence-electron chi connectivity index (χ0n) is 15.4. The van der Waals surface area contributed by atoms with Gasteiger partial charge in [0.1, 0.15) is 0 Å². The minimum absolute atomic E-state index is 0.0476. The minimum atomic E-state index is -3.08. The van der Waals surface area contributed by atoms with Crippen molar-refractivity contribution in [2.45, 2.75) is 25.9 Å². The summed E-state index contributed by atoms with van der Waals surface area (Å²) < 4.78 is 35.0. The number of hydrogen-bond donors (Lipinski definition) is 1. The highest BCUT2D eigenvalue weighted by Gasteiger charge is 2.21. The maximum Gasteiger partial charge on any atom is 0.387 e. The molecule has 1 N–H and O–H groups in total. The van der Waals surface area contributed by atoms with Gasteiger partial charge in [0.15, 0.2) is 11.5 Å². The molecule has 0 bridgehead atoms. The molecule has 0 aromatic heterocycles. The molecule has 1 saturated heterocycles. The zero-order valence-corrected chi connectivity index (χ0v) is 16.1. The van der Waals surface area contributed by atoms with Crippen LogP contribution in [0.15, 0.2) is 36.4 Å². The third-order valence-corrected chi connectivity index (χ3v) is 4.86. The molecule has 1 heterocycles. The highest BCUT2D eigenvalue weighted by molar-refractivity contribution is 6.33. The van der Waals surface area contributed by atoms with Crippen molar-refractivity contribution in [1.82, 2.24) is 0 Å². The Labute approximate surface area is 167 Å². The predicted octanol–water partition coefficient (Wildman–Crippen LogP) is 5.19. The number of methoxy groups -OCH3 is 1. The van der Waals surface area contributed by atoms with Crippen molar-refractivity contribution < 1.29 is 23.0 Å². The summed E-state index contributed by atoms with van der Waals surface area (Å²) in [5, 5.41) is 3.19. The quantitative estimate of drug-likeness (QED) is 0.711. The van der Waals surface area contributed by atoms with Crippen LogP contribution >= 0.6 is 11.6 Å². The van der Waals surface area contributed by atoms with Gasteiger partial charge >= 0.3 is 6.61 Å². The second-order valence-electron chi connectivity index (χ2n) is 6.38. The summed E-state index contributed by atoms with van der Waals surface area (Å²) in [5.41, 5.74) is 1.32. The minimum Gasteiger partial charge on any atom is -0.493 e. The summed E-state index contributed by atoms with van der Waals surface area (Å²) in [7, 11) is 1.31. The first-order valence-electron chi connectivity index (χ1n) is 8.97. The Balaban J connectivity index is 1.80. The van der Waals surface area contributed by atoms with Crippen LogP contribution in [0.5, 0.6) is 11.5 Å². The molecule has 28 heavy (non-hydrogen) atoms. The normalized spacial score (nSPS) is 14.1. The second kappa shape index (κ2) is 9.10. The van der Waals surface area contributed by atoms with E-state index in [0.717, 1.165) is 31.6 Å². The van der Waals surface area contributed by atoms with E-state index in [-0.39, 0.29) is 17.1 Å². The molecular formula is C20H21ClF2N2O3. The lowest BCUT2D eigenvalue weighted by Gasteiger charge is -2.29. The second-order valence-corrected chi connectivity index (χ2v) is 6.79. The number of nitrogens with zero attached hydrogens (tertiary/aromatic N) is 1. The summed E-state index contributed by atoms with van der Waals surface area (Å²) in [4.78, 5) is 14.9. The number of nitrogens with one attached hydrogen (secondary N) is 1. The summed E-state index contributed by atoms with van der Waals surface area (Å²) in [6.45, 7) is -1.19. The molecule has 3 rings (SSSR count). The van der Waals surface area contributed by atoms with Gasteiger partial charge in [-0.25, -0.2) is 0 Å². The molecule has 150 valence electrons. The Morgan fingerprint density at radius 3 is 2.57 bits per heavy atom. The largest absolute Gasteiger partial charge is 0.493 e. The first-order valence-corrected chi connectivity index (χ1v) is 9.35. The number of alkyl halides is 2. The van der Waals surface area contributed by atoms with Crippen LogP contribution in [0.25, 0.3) is 0 Å². The van der Waals surface area contributed by atoms with Crippen LogP contribution in [-0.4, -0.2) is 32.7 Å². The lowest BCUT2D eigenvalue weighted by molar-refractivity contribution is -0.0515. The van der Waals surface area contributed by atoms with E-state index in [9.17, 15) is 13.6 Å². The van der Waals surface area contributed by atoms with Gasteiger partial charge in [0.25, 0.3) is 5.91 Å². The zero-order chi connectivity index (χ0) is 20.1. The van der Waals surface area contributed by atoms with Gasteiger partial charge < -0.3 is 19.7 Å². The number of carbonyl (C=O) groups excluding carboxylic acids is 1. The van der Waals surface area contributed by atoms with Gasteiger partial charge in [0.05, 0.1) is 23.4 Å².